The molecule has 0 amide bonds. The van der Waals surface area contributed by atoms with Crippen molar-refractivity contribution in [1.82, 2.24) is 4.90 Å². The topological polar surface area (TPSA) is 66.6 Å². The Kier molecular flexibility index (Phi) is 4.93. The van der Waals surface area contributed by atoms with E-state index in [0.29, 0.717) is 0 Å². The summed E-state index contributed by atoms with van der Waals surface area (Å²) in [6, 6.07) is 10.4. The van der Waals surface area contributed by atoms with E-state index < -0.39 is 5.97 Å². The summed E-state index contributed by atoms with van der Waals surface area (Å²) in [7, 11) is 0. The van der Waals surface area contributed by atoms with Crippen molar-refractivity contribution in [1.29, 1.82) is 0 Å². The van der Waals surface area contributed by atoms with Gasteiger partial charge in [-0.15, -0.1) is 0 Å². The molecule has 4 nitrogen and oxygen atoms in total. The van der Waals surface area contributed by atoms with Crippen LogP contribution in [0.1, 0.15) is 18.4 Å². The van der Waals surface area contributed by atoms with Crippen LogP contribution in [0.3, 0.4) is 0 Å². The summed E-state index contributed by atoms with van der Waals surface area (Å²) in [5.41, 5.74) is 6.88. The first-order valence-electron chi connectivity index (χ1n) is 6.90. The first kappa shape index (κ1) is 14.0. The van der Waals surface area contributed by atoms with Gasteiger partial charge in [0.2, 0.25) is 0 Å². The molecular formula is C15H22N2O2. The third kappa shape index (κ3) is 3.78. The van der Waals surface area contributed by atoms with Crippen molar-refractivity contribution in [2.24, 2.45) is 17.6 Å². The molecule has 4 heteroatoms. The molecule has 0 saturated carbocycles. The summed E-state index contributed by atoms with van der Waals surface area (Å²) < 4.78 is 0. The van der Waals surface area contributed by atoms with Crippen LogP contribution < -0.4 is 5.73 Å². The molecule has 0 aromatic heterocycles. The fraction of sp³-hybridized carbons (Fsp3) is 0.533. The Morgan fingerprint density at radius 1 is 1.32 bits per heavy atom. The number of nitrogens with two attached hydrogens (primary N) is 1. The minimum Gasteiger partial charge on any atom is -0.481 e. The number of likely N-dealkylation sites (tertiary alicyclic amines) is 1. The molecule has 1 heterocycles. The van der Waals surface area contributed by atoms with Gasteiger partial charge in [0, 0.05) is 13.1 Å². The molecule has 1 unspecified atom stereocenters. The van der Waals surface area contributed by atoms with Crippen LogP contribution in [-0.2, 0) is 11.3 Å². The van der Waals surface area contributed by atoms with Gasteiger partial charge in [0.05, 0.1) is 5.92 Å². The van der Waals surface area contributed by atoms with Gasteiger partial charge in [-0.1, -0.05) is 30.3 Å². The van der Waals surface area contributed by atoms with Crippen LogP contribution in [0.5, 0.6) is 0 Å². The van der Waals surface area contributed by atoms with E-state index in [1.54, 1.807) is 0 Å². The fourth-order valence-corrected chi connectivity index (χ4v) is 2.85. The summed E-state index contributed by atoms with van der Waals surface area (Å²) in [5, 5.41) is 9.13. The van der Waals surface area contributed by atoms with Crippen LogP contribution in [0.4, 0.5) is 0 Å². The molecule has 1 aromatic rings. The molecule has 0 spiro atoms. The molecule has 0 radical (unpaired) electrons. The zero-order valence-corrected chi connectivity index (χ0v) is 11.2. The lowest BCUT2D eigenvalue weighted by Crippen LogP contribution is -2.40. The van der Waals surface area contributed by atoms with Gasteiger partial charge in [0.1, 0.15) is 0 Å². The second-order valence-electron chi connectivity index (χ2n) is 5.28. The van der Waals surface area contributed by atoms with Gasteiger partial charge in [0.15, 0.2) is 0 Å². The van der Waals surface area contributed by atoms with Crippen molar-refractivity contribution in [3.8, 4) is 0 Å². The average molecular weight is 262 g/mol. The molecule has 1 aliphatic heterocycles. The maximum absolute atomic E-state index is 11.1. The Bertz CT molecular complexity index is 400. The van der Waals surface area contributed by atoms with Crippen molar-refractivity contribution >= 4 is 5.97 Å². The number of hydrogen-bond donors (Lipinski definition) is 2. The minimum atomic E-state index is -0.746. The SMILES string of the molecule is NCC(C(=O)O)C1CCN(Cc2ccccc2)CC1. The van der Waals surface area contributed by atoms with Gasteiger partial charge >= 0.3 is 5.97 Å². The van der Waals surface area contributed by atoms with Crippen LogP contribution >= 0.6 is 0 Å². The highest BCUT2D eigenvalue weighted by Gasteiger charge is 2.30. The Morgan fingerprint density at radius 2 is 1.95 bits per heavy atom. The van der Waals surface area contributed by atoms with Crippen LogP contribution in [-0.4, -0.2) is 35.6 Å². The van der Waals surface area contributed by atoms with E-state index in [4.69, 9.17) is 10.8 Å². The van der Waals surface area contributed by atoms with E-state index >= 15 is 0 Å². The van der Waals surface area contributed by atoms with E-state index in [1.807, 2.05) is 6.07 Å². The standard InChI is InChI=1S/C15H22N2O2/c16-10-14(15(18)19)13-6-8-17(9-7-13)11-12-4-2-1-3-5-12/h1-5,13-14H,6-11,16H2,(H,18,19). The molecule has 1 aromatic carbocycles. The highest BCUT2D eigenvalue weighted by atomic mass is 16.4. The lowest BCUT2D eigenvalue weighted by molar-refractivity contribution is -0.143. The smallest absolute Gasteiger partial charge is 0.308 e. The van der Waals surface area contributed by atoms with E-state index in [0.717, 1.165) is 32.5 Å². The van der Waals surface area contributed by atoms with Gasteiger partial charge in [-0.05, 0) is 37.4 Å². The van der Waals surface area contributed by atoms with Crippen LogP contribution in [0, 0.1) is 11.8 Å². The maximum atomic E-state index is 11.1. The van der Waals surface area contributed by atoms with Crippen LogP contribution in [0.15, 0.2) is 30.3 Å². The number of benzene rings is 1. The van der Waals surface area contributed by atoms with Gasteiger partial charge in [-0.3, -0.25) is 9.69 Å². The van der Waals surface area contributed by atoms with Crippen LogP contribution in [0.25, 0.3) is 0 Å². The first-order chi connectivity index (χ1) is 9.20. The number of piperidine rings is 1. The van der Waals surface area contributed by atoms with Crippen molar-refractivity contribution in [3.63, 3.8) is 0 Å². The van der Waals surface area contributed by atoms with E-state index in [-0.39, 0.29) is 18.4 Å². The predicted molar refractivity (Wildman–Crippen MR) is 74.6 cm³/mol. The normalized spacial score (nSPS) is 19.2. The van der Waals surface area contributed by atoms with E-state index in [9.17, 15) is 4.79 Å². The number of carbonyl (C=O) groups is 1. The Morgan fingerprint density at radius 3 is 2.47 bits per heavy atom. The monoisotopic (exact) mass is 262 g/mol. The number of carboxylic acids is 1. The van der Waals surface area contributed by atoms with E-state index in [1.165, 1.54) is 5.56 Å². The third-order valence-electron chi connectivity index (χ3n) is 4.02. The van der Waals surface area contributed by atoms with Gasteiger partial charge in [0.25, 0.3) is 0 Å². The molecule has 1 saturated heterocycles. The average Bonchev–Trinajstić information content (AvgIpc) is 2.42. The molecule has 2 rings (SSSR count). The highest BCUT2D eigenvalue weighted by molar-refractivity contribution is 5.70. The number of carboxylic acid groups (broad SMARTS) is 1. The largest absolute Gasteiger partial charge is 0.481 e. The van der Waals surface area contributed by atoms with Crippen LogP contribution in [0.2, 0.25) is 0 Å². The number of hydrogen-bond acceptors (Lipinski definition) is 3. The molecule has 3 N–H and O–H groups in total. The van der Waals surface area contributed by atoms with Crippen molar-refractivity contribution in [2.45, 2.75) is 19.4 Å². The summed E-state index contributed by atoms with van der Waals surface area (Å²) in [6.07, 6.45) is 1.86. The fourth-order valence-electron chi connectivity index (χ4n) is 2.85. The molecule has 1 atom stereocenters. The molecule has 104 valence electrons. The lowest BCUT2D eigenvalue weighted by Gasteiger charge is -2.34. The van der Waals surface area contributed by atoms with Gasteiger partial charge in [-0.25, -0.2) is 0 Å². The molecule has 19 heavy (non-hydrogen) atoms. The third-order valence-corrected chi connectivity index (χ3v) is 4.02. The molecule has 1 aliphatic rings. The maximum Gasteiger partial charge on any atom is 0.308 e. The summed E-state index contributed by atoms with van der Waals surface area (Å²) in [5.74, 6) is -0.891. The molecular weight excluding hydrogens is 240 g/mol. The number of nitrogens with zero attached hydrogens (tertiary/aromatic N) is 1. The highest BCUT2D eigenvalue weighted by Crippen LogP contribution is 2.25. The zero-order chi connectivity index (χ0) is 13.7. The first-order valence-corrected chi connectivity index (χ1v) is 6.90. The Labute approximate surface area is 114 Å². The molecule has 0 bridgehead atoms. The number of aliphatic carboxylic acids is 1. The lowest BCUT2D eigenvalue weighted by atomic mass is 9.84. The quantitative estimate of drug-likeness (QED) is 0.845. The summed E-state index contributed by atoms with van der Waals surface area (Å²) >= 11 is 0. The van der Waals surface area contributed by atoms with Crippen molar-refractivity contribution < 1.29 is 9.90 Å². The second kappa shape index (κ2) is 6.68. The van der Waals surface area contributed by atoms with Crippen molar-refractivity contribution in [2.75, 3.05) is 19.6 Å². The zero-order valence-electron chi connectivity index (χ0n) is 11.2. The number of rotatable bonds is 5. The molecule has 0 aliphatic carbocycles. The second-order valence-corrected chi connectivity index (χ2v) is 5.28. The Hall–Kier alpha value is -1.39. The summed E-state index contributed by atoms with van der Waals surface area (Å²) in [4.78, 5) is 13.5. The summed E-state index contributed by atoms with van der Waals surface area (Å²) in [6.45, 7) is 3.12. The van der Waals surface area contributed by atoms with Gasteiger partial charge < -0.3 is 10.8 Å². The molecule has 1 fully saturated rings. The predicted octanol–water partition coefficient (Wildman–Crippen LogP) is 1.56. The van der Waals surface area contributed by atoms with Crippen molar-refractivity contribution in [3.05, 3.63) is 35.9 Å². The van der Waals surface area contributed by atoms with Gasteiger partial charge in [-0.2, -0.15) is 0 Å². The van der Waals surface area contributed by atoms with E-state index in [2.05, 4.69) is 29.2 Å². The Balaban J connectivity index is 1.84. The minimum absolute atomic E-state index is 0.231.